The number of aromatic nitrogens is 3. The molecule has 0 amide bonds. The molecule has 1 aromatic carbocycles. The van der Waals surface area contributed by atoms with Crippen molar-refractivity contribution in [3.8, 4) is 11.3 Å². The number of pyridine rings is 1. The number of fused-ring (bicyclic) bond motifs is 1. The SMILES string of the molecule is C=CC(=N/C(C)=C\C)n1ncc2ccc(-c3cccc(C(C)N)n3)cc21. The van der Waals surface area contributed by atoms with Gasteiger partial charge in [0.15, 0.2) is 5.84 Å². The predicted molar refractivity (Wildman–Crippen MR) is 108 cm³/mol. The third-order valence-electron chi connectivity index (χ3n) is 4.21. The lowest BCUT2D eigenvalue weighted by atomic mass is 10.1. The highest BCUT2D eigenvalue weighted by Gasteiger charge is 2.10. The van der Waals surface area contributed by atoms with Crippen LogP contribution in [0.2, 0.25) is 0 Å². The smallest absolute Gasteiger partial charge is 0.153 e. The number of nitrogens with zero attached hydrogens (tertiary/aromatic N) is 4. The number of benzene rings is 1. The van der Waals surface area contributed by atoms with E-state index in [9.17, 15) is 0 Å². The van der Waals surface area contributed by atoms with Gasteiger partial charge in [-0.25, -0.2) is 9.67 Å². The third-order valence-corrected chi connectivity index (χ3v) is 4.21. The lowest BCUT2D eigenvalue weighted by Crippen LogP contribution is -2.10. The number of rotatable bonds is 4. The average molecular weight is 345 g/mol. The van der Waals surface area contributed by atoms with Crippen molar-refractivity contribution in [3.05, 3.63) is 72.7 Å². The summed E-state index contributed by atoms with van der Waals surface area (Å²) in [4.78, 5) is 9.25. The maximum absolute atomic E-state index is 5.97. The lowest BCUT2D eigenvalue weighted by molar-refractivity contribution is 0.782. The lowest BCUT2D eigenvalue weighted by Gasteiger charge is -2.08. The van der Waals surface area contributed by atoms with Crippen LogP contribution in [0.5, 0.6) is 0 Å². The van der Waals surface area contributed by atoms with Crippen molar-refractivity contribution in [2.75, 3.05) is 0 Å². The van der Waals surface area contributed by atoms with Crippen molar-refractivity contribution >= 4 is 16.7 Å². The van der Waals surface area contributed by atoms with Gasteiger partial charge in [0, 0.05) is 22.7 Å². The monoisotopic (exact) mass is 345 g/mol. The van der Waals surface area contributed by atoms with Gasteiger partial charge in [-0.15, -0.1) is 0 Å². The molecule has 3 aromatic rings. The van der Waals surface area contributed by atoms with Gasteiger partial charge in [0.25, 0.3) is 0 Å². The Bertz CT molecular complexity index is 1010. The van der Waals surface area contributed by atoms with Crippen LogP contribution in [0.3, 0.4) is 0 Å². The van der Waals surface area contributed by atoms with Gasteiger partial charge in [0.2, 0.25) is 0 Å². The molecule has 0 aliphatic rings. The van der Waals surface area contributed by atoms with Gasteiger partial charge in [-0.1, -0.05) is 30.9 Å². The number of aliphatic imine (C=N–C) groups is 1. The Kier molecular flexibility index (Phi) is 5.09. The molecule has 0 radical (unpaired) electrons. The topological polar surface area (TPSA) is 69.1 Å². The molecule has 3 rings (SSSR count). The molecule has 2 heterocycles. The van der Waals surface area contributed by atoms with Gasteiger partial charge >= 0.3 is 0 Å². The van der Waals surface area contributed by atoms with Crippen LogP contribution in [0, 0.1) is 0 Å². The van der Waals surface area contributed by atoms with E-state index >= 15 is 0 Å². The van der Waals surface area contributed by atoms with Crippen LogP contribution in [0.25, 0.3) is 22.2 Å². The summed E-state index contributed by atoms with van der Waals surface area (Å²) in [5.74, 6) is 0.685. The maximum atomic E-state index is 5.97. The number of hydrogen-bond donors (Lipinski definition) is 1. The van der Waals surface area contributed by atoms with Crippen LogP contribution in [-0.2, 0) is 0 Å². The first-order chi connectivity index (χ1) is 12.5. The van der Waals surface area contributed by atoms with Gasteiger partial charge in [0.05, 0.1) is 23.1 Å². The second-order valence-electron chi connectivity index (χ2n) is 6.17. The zero-order chi connectivity index (χ0) is 18.7. The first kappa shape index (κ1) is 17.8. The molecular weight excluding hydrogens is 322 g/mol. The van der Waals surface area contributed by atoms with E-state index in [2.05, 4.69) is 27.7 Å². The zero-order valence-electron chi connectivity index (χ0n) is 15.3. The first-order valence-electron chi connectivity index (χ1n) is 8.58. The Morgan fingerprint density at radius 3 is 2.81 bits per heavy atom. The highest BCUT2D eigenvalue weighted by Crippen LogP contribution is 2.24. The van der Waals surface area contributed by atoms with Crippen molar-refractivity contribution in [2.45, 2.75) is 26.8 Å². The van der Waals surface area contributed by atoms with Gasteiger partial charge in [-0.05, 0) is 45.0 Å². The molecule has 132 valence electrons. The predicted octanol–water partition coefficient (Wildman–Crippen LogP) is 4.47. The number of allylic oxidation sites excluding steroid dienone is 3. The van der Waals surface area contributed by atoms with Crippen molar-refractivity contribution in [3.63, 3.8) is 0 Å². The quantitative estimate of drug-likeness (QED) is 0.560. The molecular formula is C21H23N5. The van der Waals surface area contributed by atoms with E-state index in [1.807, 2.05) is 63.4 Å². The Hall–Kier alpha value is -3.05. The molecule has 0 saturated carbocycles. The van der Waals surface area contributed by atoms with Crippen LogP contribution in [0.4, 0.5) is 0 Å². The van der Waals surface area contributed by atoms with Crippen LogP contribution in [-0.4, -0.2) is 20.6 Å². The minimum atomic E-state index is -0.104. The molecule has 0 spiro atoms. The molecule has 0 aliphatic carbocycles. The molecule has 0 bridgehead atoms. The summed E-state index contributed by atoms with van der Waals surface area (Å²) in [6.45, 7) is 9.71. The number of nitrogens with two attached hydrogens (primary N) is 1. The summed E-state index contributed by atoms with van der Waals surface area (Å²) in [6, 6.07) is 12.0. The molecule has 26 heavy (non-hydrogen) atoms. The van der Waals surface area contributed by atoms with E-state index in [0.717, 1.165) is 33.6 Å². The molecule has 0 aliphatic heterocycles. The Morgan fingerprint density at radius 1 is 1.31 bits per heavy atom. The molecule has 1 atom stereocenters. The second-order valence-corrected chi connectivity index (χ2v) is 6.17. The largest absolute Gasteiger partial charge is 0.323 e. The van der Waals surface area contributed by atoms with Crippen molar-refractivity contribution in [1.82, 2.24) is 14.8 Å². The highest BCUT2D eigenvalue weighted by atomic mass is 15.3. The number of hydrogen-bond acceptors (Lipinski definition) is 4. The molecule has 2 N–H and O–H groups in total. The van der Waals surface area contributed by atoms with Crippen LogP contribution < -0.4 is 5.73 Å². The minimum absolute atomic E-state index is 0.104. The summed E-state index contributed by atoms with van der Waals surface area (Å²) in [5, 5.41) is 5.51. The van der Waals surface area contributed by atoms with E-state index in [-0.39, 0.29) is 6.04 Å². The highest BCUT2D eigenvalue weighted by molar-refractivity contribution is 6.01. The Balaban J connectivity index is 2.13. The first-order valence-corrected chi connectivity index (χ1v) is 8.58. The molecule has 1 unspecified atom stereocenters. The van der Waals surface area contributed by atoms with Gasteiger partial charge in [-0.2, -0.15) is 5.10 Å². The zero-order valence-corrected chi connectivity index (χ0v) is 15.3. The van der Waals surface area contributed by atoms with E-state index in [1.54, 1.807) is 10.8 Å². The van der Waals surface area contributed by atoms with E-state index < -0.39 is 0 Å². The fraction of sp³-hybridized carbons (Fsp3) is 0.190. The van der Waals surface area contributed by atoms with E-state index in [0.29, 0.717) is 5.84 Å². The maximum Gasteiger partial charge on any atom is 0.153 e. The Morgan fingerprint density at radius 2 is 2.12 bits per heavy atom. The average Bonchev–Trinajstić information content (AvgIpc) is 3.09. The molecule has 2 aromatic heterocycles. The minimum Gasteiger partial charge on any atom is -0.323 e. The van der Waals surface area contributed by atoms with Crippen molar-refractivity contribution in [2.24, 2.45) is 10.7 Å². The van der Waals surface area contributed by atoms with E-state index in [1.165, 1.54) is 0 Å². The fourth-order valence-corrected chi connectivity index (χ4v) is 2.65. The molecule has 0 fully saturated rings. The fourth-order valence-electron chi connectivity index (χ4n) is 2.65. The standard InChI is InChI=1S/C21H23N5/c1-5-14(3)24-21(6-2)26-20-12-16(10-11-17(20)13-23-26)19-9-7-8-18(25-19)15(4)22/h5-13,15H,2,22H2,1,3-4H3/b14-5-,24-21?. The van der Waals surface area contributed by atoms with Gasteiger partial charge in [-0.3, -0.25) is 4.98 Å². The molecule has 5 heteroatoms. The summed E-state index contributed by atoms with van der Waals surface area (Å²) in [6.07, 6.45) is 5.49. The van der Waals surface area contributed by atoms with Crippen LogP contribution >= 0.6 is 0 Å². The van der Waals surface area contributed by atoms with Crippen LogP contribution in [0.1, 0.15) is 32.5 Å². The van der Waals surface area contributed by atoms with Crippen molar-refractivity contribution in [1.29, 1.82) is 0 Å². The summed E-state index contributed by atoms with van der Waals surface area (Å²) >= 11 is 0. The van der Waals surface area contributed by atoms with Gasteiger partial charge < -0.3 is 5.73 Å². The molecule has 0 saturated heterocycles. The molecule has 5 nitrogen and oxygen atoms in total. The second kappa shape index (κ2) is 7.45. The van der Waals surface area contributed by atoms with Gasteiger partial charge in [0.1, 0.15) is 0 Å². The summed E-state index contributed by atoms with van der Waals surface area (Å²) < 4.78 is 1.80. The normalized spacial score (nSPS) is 13.8. The Labute approximate surface area is 153 Å². The van der Waals surface area contributed by atoms with E-state index in [4.69, 9.17) is 5.73 Å². The summed E-state index contributed by atoms with van der Waals surface area (Å²) in [5.41, 5.74) is 10.6. The van der Waals surface area contributed by atoms with Crippen molar-refractivity contribution < 1.29 is 0 Å². The van der Waals surface area contributed by atoms with Crippen LogP contribution in [0.15, 0.2) is 72.0 Å². The third kappa shape index (κ3) is 3.48. The summed E-state index contributed by atoms with van der Waals surface area (Å²) in [7, 11) is 0.